The maximum atomic E-state index is 9.33. The van der Waals surface area contributed by atoms with Crippen LogP contribution in [0, 0.1) is 13.8 Å². The molecule has 0 spiro atoms. The van der Waals surface area contributed by atoms with Gasteiger partial charge in [0.1, 0.15) is 0 Å². The molecule has 0 aromatic heterocycles. The van der Waals surface area contributed by atoms with Gasteiger partial charge < -0.3 is 0 Å². The minimum Gasteiger partial charge on any atom is -0.0620 e. The Morgan fingerprint density at radius 1 is 0.447 bits per heavy atom. The van der Waals surface area contributed by atoms with Gasteiger partial charge in [0, 0.05) is 5.92 Å². The van der Waals surface area contributed by atoms with Crippen molar-refractivity contribution in [3.05, 3.63) is 271 Å². The Labute approximate surface area is 462 Å². The van der Waals surface area contributed by atoms with Gasteiger partial charge in [-0.2, -0.15) is 0 Å². The highest BCUT2D eigenvalue weighted by Crippen LogP contribution is 2.49. The van der Waals surface area contributed by atoms with Gasteiger partial charge in [-0.1, -0.05) is 256 Å². The van der Waals surface area contributed by atoms with E-state index in [1.165, 1.54) is 94.6 Å². The van der Waals surface area contributed by atoms with E-state index in [0.717, 1.165) is 54.4 Å². The van der Waals surface area contributed by atoms with Crippen molar-refractivity contribution in [1.82, 2.24) is 0 Å². The van der Waals surface area contributed by atoms with E-state index < -0.39 is 0 Å². The first-order valence-electron chi connectivity index (χ1n) is 30.0. The van der Waals surface area contributed by atoms with Crippen LogP contribution in [0.15, 0.2) is 188 Å². The maximum absolute atomic E-state index is 9.33. The summed E-state index contributed by atoms with van der Waals surface area (Å²) in [6, 6.07) is 62.0. The van der Waals surface area contributed by atoms with Crippen molar-refractivity contribution in [2.45, 2.75) is 143 Å². The Kier molecular flexibility index (Phi) is 12.3. The molecule has 0 N–H and O–H groups in total. The summed E-state index contributed by atoms with van der Waals surface area (Å²) < 4.78 is 36.6. The zero-order chi connectivity index (χ0) is 56.6. The summed E-state index contributed by atoms with van der Waals surface area (Å²) in [5, 5.41) is 0. The van der Waals surface area contributed by atoms with Crippen molar-refractivity contribution in [2.75, 3.05) is 0 Å². The maximum Gasteiger partial charge on any atom is 0.0629 e. The van der Waals surface area contributed by atoms with Crippen molar-refractivity contribution in [1.29, 1.82) is 0 Å². The summed E-state index contributed by atoms with van der Waals surface area (Å²) in [6.45, 7) is 24.4. The van der Waals surface area contributed by atoms with Crippen LogP contribution in [-0.2, 0) is 41.9 Å². The van der Waals surface area contributed by atoms with Crippen LogP contribution in [0.5, 0.6) is 0 Å². The van der Waals surface area contributed by atoms with Gasteiger partial charge in [-0.15, -0.1) is 0 Å². The number of aryl methyl sites for hydroxylation is 2. The highest BCUT2D eigenvalue weighted by Gasteiger charge is 2.31. The number of fused-ring (bicyclic) bond motifs is 4. The number of rotatable bonds is 10. The molecule has 2 aliphatic rings. The van der Waals surface area contributed by atoms with E-state index >= 15 is 0 Å². The third-order valence-corrected chi connectivity index (χ3v) is 16.8. The molecule has 382 valence electrons. The molecule has 0 nitrogen and oxygen atoms in total. The Morgan fingerprint density at radius 2 is 1.04 bits per heavy atom. The molecule has 0 saturated heterocycles. The van der Waals surface area contributed by atoms with Gasteiger partial charge in [0.15, 0.2) is 0 Å². The van der Waals surface area contributed by atoms with Crippen LogP contribution < -0.4 is 0 Å². The summed E-state index contributed by atoms with van der Waals surface area (Å²) in [7, 11) is 0. The fraction of sp³-hybridized carbons (Fsp3) is 0.289. The predicted molar refractivity (Wildman–Crippen MR) is 325 cm³/mol. The monoisotopic (exact) mass is 995 g/mol. The SMILES string of the molecule is [2H]c1c([2H])c(-c2cccc(-c3cc(C(C)(C)C)cc(C(C)(C)C)c3)c2Cc2ccccc2CC2CCCc3ccc(Cc4ccc5c(c4)C(c4ccc(-c6ccc(C(C)(C)C)cc6)c(C)c4)c4ccccc4-5)cc32)c([2H])c([2H])c1C. The van der Waals surface area contributed by atoms with Gasteiger partial charge in [0.05, 0.1) is 5.48 Å². The zero-order valence-electron chi connectivity index (χ0n) is 51.0. The minimum atomic E-state index is -0.0964. The number of benzene rings is 9. The quantitative estimate of drug-likeness (QED) is 0.128. The standard InChI is InChI=1S/C76H78/c1-49-26-30-55(31-27-49)65-24-17-25-66(60-45-62(75(6,7)8)48-63(46-60)76(9,10)11)71(65)47-57-19-13-12-18-56(57)44-58-21-16-20-53-32-28-51(42-70(53)58)41-52-29-38-68-67-22-14-15-23-69(67)73(72(68)43-52)59-35-39-64(50(2)40-59)54-33-36-61(37-34-54)74(3,4)5/h12-15,17-19,22-40,42-43,45-46,48,58,73H,16,20-21,41,44,47H2,1-11H3/i26D,27D,30D,31D. The van der Waals surface area contributed by atoms with Gasteiger partial charge in [-0.3, -0.25) is 0 Å². The molecule has 0 amide bonds. The van der Waals surface area contributed by atoms with Gasteiger partial charge in [0.2, 0.25) is 0 Å². The Morgan fingerprint density at radius 3 is 1.72 bits per heavy atom. The van der Waals surface area contributed by atoms with Crippen molar-refractivity contribution in [2.24, 2.45) is 0 Å². The lowest BCUT2D eigenvalue weighted by atomic mass is 9.77. The molecule has 2 atom stereocenters. The van der Waals surface area contributed by atoms with Gasteiger partial charge in [-0.05, 0) is 197 Å². The van der Waals surface area contributed by atoms with E-state index in [-0.39, 0.29) is 46.3 Å². The van der Waals surface area contributed by atoms with E-state index in [2.05, 4.69) is 221 Å². The Hall–Kier alpha value is -7.02. The average Bonchev–Trinajstić information content (AvgIpc) is 3.66. The molecule has 0 radical (unpaired) electrons. The second-order valence-electron chi connectivity index (χ2n) is 25.4. The summed E-state index contributed by atoms with van der Waals surface area (Å²) in [4.78, 5) is 0. The molecule has 9 aromatic carbocycles. The molecular weight excluding hydrogens is 913 g/mol. The van der Waals surface area contributed by atoms with Crippen molar-refractivity contribution in [3.8, 4) is 44.5 Å². The molecule has 2 unspecified atom stereocenters. The first-order valence-corrected chi connectivity index (χ1v) is 28.0. The molecule has 0 aliphatic heterocycles. The lowest BCUT2D eigenvalue weighted by Crippen LogP contribution is -2.16. The highest BCUT2D eigenvalue weighted by atomic mass is 14.3. The molecule has 0 heterocycles. The molecule has 2 aliphatic carbocycles. The molecule has 0 fully saturated rings. The summed E-state index contributed by atoms with van der Waals surface area (Å²) in [5.74, 6) is 0.510. The van der Waals surface area contributed by atoms with Crippen LogP contribution >= 0.6 is 0 Å². The van der Waals surface area contributed by atoms with E-state index in [1.54, 1.807) is 6.92 Å². The van der Waals surface area contributed by atoms with Crippen LogP contribution in [0.2, 0.25) is 0 Å². The van der Waals surface area contributed by atoms with Crippen molar-refractivity contribution in [3.63, 3.8) is 0 Å². The molecule has 11 rings (SSSR count). The van der Waals surface area contributed by atoms with Crippen molar-refractivity contribution < 1.29 is 5.48 Å². The average molecular weight is 995 g/mol. The highest BCUT2D eigenvalue weighted by molar-refractivity contribution is 5.82. The Bertz CT molecular complexity index is 3790. The van der Waals surface area contributed by atoms with Crippen LogP contribution in [0.1, 0.15) is 176 Å². The lowest BCUT2D eigenvalue weighted by Gasteiger charge is -2.28. The molecule has 0 saturated carbocycles. The number of hydrogen-bond acceptors (Lipinski definition) is 0. The van der Waals surface area contributed by atoms with Crippen LogP contribution in [0.3, 0.4) is 0 Å². The normalized spacial score (nSPS) is 16.0. The van der Waals surface area contributed by atoms with E-state index in [0.29, 0.717) is 23.5 Å². The second-order valence-corrected chi connectivity index (χ2v) is 25.4. The van der Waals surface area contributed by atoms with Crippen molar-refractivity contribution >= 4 is 0 Å². The topological polar surface area (TPSA) is 0 Å². The lowest BCUT2D eigenvalue weighted by molar-refractivity contribution is 0.548. The van der Waals surface area contributed by atoms with Gasteiger partial charge in [-0.25, -0.2) is 0 Å². The fourth-order valence-corrected chi connectivity index (χ4v) is 12.4. The Balaban J connectivity index is 0.925. The summed E-state index contributed by atoms with van der Waals surface area (Å²) in [5.41, 5.74) is 27.2. The van der Waals surface area contributed by atoms with E-state index in [9.17, 15) is 2.74 Å². The predicted octanol–water partition coefficient (Wildman–Crippen LogP) is 20.2. The summed E-state index contributed by atoms with van der Waals surface area (Å²) >= 11 is 0. The van der Waals surface area contributed by atoms with E-state index in [4.69, 9.17) is 2.74 Å². The number of hydrogen-bond donors (Lipinski definition) is 0. The molecule has 0 heteroatoms. The molecular formula is C76H78. The third kappa shape index (κ3) is 10.3. The smallest absolute Gasteiger partial charge is 0.0620 e. The molecule has 9 aromatic rings. The van der Waals surface area contributed by atoms with Crippen LogP contribution in [0.25, 0.3) is 44.5 Å². The largest absolute Gasteiger partial charge is 0.0629 e. The molecule has 76 heavy (non-hydrogen) atoms. The minimum absolute atomic E-state index is 0.00657. The summed E-state index contributed by atoms with van der Waals surface area (Å²) in [6.07, 6.45) is 5.70. The zero-order valence-corrected chi connectivity index (χ0v) is 47.0. The molecule has 0 bridgehead atoms. The second kappa shape index (κ2) is 20.2. The van der Waals surface area contributed by atoms with Gasteiger partial charge in [0.25, 0.3) is 0 Å². The van der Waals surface area contributed by atoms with Gasteiger partial charge >= 0.3 is 0 Å². The van der Waals surface area contributed by atoms with E-state index in [1.807, 2.05) is 12.1 Å². The third-order valence-electron chi connectivity index (χ3n) is 16.8. The fourth-order valence-electron chi connectivity index (χ4n) is 12.4. The van der Waals surface area contributed by atoms with Crippen LogP contribution in [0.4, 0.5) is 0 Å². The van der Waals surface area contributed by atoms with Crippen LogP contribution in [-0.4, -0.2) is 0 Å². The first kappa shape index (κ1) is 46.3. The first-order chi connectivity index (χ1) is 38.0.